The van der Waals surface area contributed by atoms with E-state index in [1.165, 1.54) is 12.1 Å². The van der Waals surface area contributed by atoms with E-state index < -0.39 is 0 Å². The number of carbonyl (C=O) groups excluding carboxylic acids is 2. The molecule has 0 N–H and O–H groups in total. The lowest BCUT2D eigenvalue weighted by molar-refractivity contribution is -0.142. The average molecular weight is 318 g/mol. The molecule has 23 heavy (non-hydrogen) atoms. The molecule has 2 aliphatic heterocycles. The SMILES string of the molecule is O=C1CCCCN1CC(=O)N1CCCC1Cc1cccc(F)c1. The molecule has 124 valence electrons. The van der Waals surface area contributed by atoms with Crippen molar-refractivity contribution < 1.29 is 14.0 Å². The molecule has 2 amide bonds. The van der Waals surface area contributed by atoms with Crippen LogP contribution in [0.15, 0.2) is 24.3 Å². The molecule has 0 bridgehead atoms. The van der Waals surface area contributed by atoms with Crippen molar-refractivity contribution in [3.63, 3.8) is 0 Å². The molecule has 0 aliphatic carbocycles. The predicted octanol–water partition coefficient (Wildman–Crippen LogP) is 2.37. The Morgan fingerprint density at radius 2 is 2.09 bits per heavy atom. The van der Waals surface area contributed by atoms with Crippen molar-refractivity contribution in [2.45, 2.75) is 44.6 Å². The first-order valence-corrected chi connectivity index (χ1v) is 8.45. The lowest BCUT2D eigenvalue weighted by atomic mass is 10.0. The van der Waals surface area contributed by atoms with E-state index in [1.54, 1.807) is 11.0 Å². The normalized spacial score (nSPS) is 21.8. The lowest BCUT2D eigenvalue weighted by Crippen LogP contribution is -2.46. The standard InChI is InChI=1S/C18H23FN2O2/c19-15-6-3-5-14(11-15)12-16-7-4-10-21(16)18(23)13-20-9-2-1-8-17(20)22/h3,5-6,11,16H,1-2,4,7-10,12-13H2. The molecule has 2 aliphatic rings. The van der Waals surface area contributed by atoms with E-state index in [1.807, 2.05) is 11.0 Å². The number of benzene rings is 1. The molecule has 0 aromatic heterocycles. The Balaban J connectivity index is 1.61. The van der Waals surface area contributed by atoms with Gasteiger partial charge in [0.1, 0.15) is 5.82 Å². The fraction of sp³-hybridized carbons (Fsp3) is 0.556. The van der Waals surface area contributed by atoms with Gasteiger partial charge in [0.05, 0.1) is 6.54 Å². The van der Waals surface area contributed by atoms with Crippen LogP contribution in [0.4, 0.5) is 4.39 Å². The van der Waals surface area contributed by atoms with Crippen LogP contribution < -0.4 is 0 Å². The van der Waals surface area contributed by atoms with Crippen LogP contribution in [0.2, 0.25) is 0 Å². The quantitative estimate of drug-likeness (QED) is 0.855. The Hall–Kier alpha value is -1.91. The summed E-state index contributed by atoms with van der Waals surface area (Å²) in [5.41, 5.74) is 0.920. The molecule has 3 rings (SSSR count). The number of hydrogen-bond acceptors (Lipinski definition) is 2. The highest BCUT2D eigenvalue weighted by Crippen LogP contribution is 2.22. The summed E-state index contributed by atoms with van der Waals surface area (Å²) >= 11 is 0. The number of rotatable bonds is 4. The van der Waals surface area contributed by atoms with Crippen molar-refractivity contribution in [3.8, 4) is 0 Å². The predicted molar refractivity (Wildman–Crippen MR) is 85.3 cm³/mol. The fourth-order valence-electron chi connectivity index (χ4n) is 3.60. The lowest BCUT2D eigenvalue weighted by Gasteiger charge is -2.30. The van der Waals surface area contributed by atoms with Gasteiger partial charge in [0.2, 0.25) is 11.8 Å². The van der Waals surface area contributed by atoms with Crippen LogP contribution in [-0.4, -0.2) is 47.3 Å². The Labute approximate surface area is 136 Å². The van der Waals surface area contributed by atoms with Gasteiger partial charge in [-0.05, 0) is 49.8 Å². The molecule has 2 saturated heterocycles. The summed E-state index contributed by atoms with van der Waals surface area (Å²) in [6.07, 6.45) is 5.05. The zero-order valence-electron chi connectivity index (χ0n) is 13.3. The second-order valence-corrected chi connectivity index (χ2v) is 6.49. The summed E-state index contributed by atoms with van der Waals surface area (Å²) in [6, 6.07) is 6.69. The summed E-state index contributed by atoms with van der Waals surface area (Å²) in [7, 11) is 0. The summed E-state index contributed by atoms with van der Waals surface area (Å²) in [4.78, 5) is 28.0. The molecule has 0 radical (unpaired) electrons. The number of nitrogens with zero attached hydrogens (tertiary/aromatic N) is 2. The van der Waals surface area contributed by atoms with Gasteiger partial charge in [0, 0.05) is 25.6 Å². The minimum absolute atomic E-state index is 0.0270. The zero-order chi connectivity index (χ0) is 16.2. The molecular weight excluding hydrogens is 295 g/mol. The monoisotopic (exact) mass is 318 g/mol. The van der Waals surface area contributed by atoms with Gasteiger partial charge >= 0.3 is 0 Å². The van der Waals surface area contributed by atoms with E-state index in [0.717, 1.165) is 37.8 Å². The molecule has 1 aromatic rings. The summed E-state index contributed by atoms with van der Waals surface area (Å²) in [5, 5.41) is 0. The largest absolute Gasteiger partial charge is 0.338 e. The van der Waals surface area contributed by atoms with Crippen molar-refractivity contribution in [2.24, 2.45) is 0 Å². The van der Waals surface area contributed by atoms with E-state index in [2.05, 4.69) is 0 Å². The minimum Gasteiger partial charge on any atom is -0.338 e. The summed E-state index contributed by atoms with van der Waals surface area (Å²) < 4.78 is 13.3. The number of carbonyl (C=O) groups is 2. The molecule has 2 heterocycles. The second kappa shape index (κ2) is 7.11. The van der Waals surface area contributed by atoms with Crippen LogP contribution in [0.25, 0.3) is 0 Å². The van der Waals surface area contributed by atoms with Gasteiger partial charge in [-0.2, -0.15) is 0 Å². The molecular formula is C18H23FN2O2. The van der Waals surface area contributed by atoms with Crippen LogP contribution in [0.3, 0.4) is 0 Å². The molecule has 2 fully saturated rings. The van der Waals surface area contributed by atoms with E-state index in [4.69, 9.17) is 0 Å². The number of amides is 2. The molecule has 0 saturated carbocycles. The molecule has 1 unspecified atom stereocenters. The average Bonchev–Trinajstić information content (AvgIpc) is 2.98. The maximum atomic E-state index is 13.3. The van der Waals surface area contributed by atoms with E-state index >= 15 is 0 Å². The maximum Gasteiger partial charge on any atom is 0.242 e. The van der Waals surface area contributed by atoms with Crippen molar-refractivity contribution in [1.29, 1.82) is 0 Å². The van der Waals surface area contributed by atoms with E-state index in [-0.39, 0.29) is 30.2 Å². The van der Waals surface area contributed by atoms with Gasteiger partial charge < -0.3 is 9.80 Å². The number of piperidine rings is 1. The van der Waals surface area contributed by atoms with Crippen molar-refractivity contribution in [1.82, 2.24) is 9.80 Å². The maximum absolute atomic E-state index is 13.3. The number of hydrogen-bond donors (Lipinski definition) is 0. The highest BCUT2D eigenvalue weighted by atomic mass is 19.1. The third-order valence-electron chi connectivity index (χ3n) is 4.81. The molecule has 5 heteroatoms. The Morgan fingerprint density at radius 3 is 2.87 bits per heavy atom. The van der Waals surface area contributed by atoms with Crippen LogP contribution in [0.1, 0.15) is 37.7 Å². The van der Waals surface area contributed by atoms with E-state index in [0.29, 0.717) is 19.4 Å². The first kappa shape index (κ1) is 16.0. The second-order valence-electron chi connectivity index (χ2n) is 6.49. The van der Waals surface area contributed by atoms with Gasteiger partial charge in [-0.25, -0.2) is 4.39 Å². The molecule has 1 aromatic carbocycles. The summed E-state index contributed by atoms with van der Waals surface area (Å²) in [6.45, 7) is 1.62. The van der Waals surface area contributed by atoms with Gasteiger partial charge in [-0.1, -0.05) is 12.1 Å². The van der Waals surface area contributed by atoms with E-state index in [9.17, 15) is 14.0 Å². The Bertz CT molecular complexity index is 590. The van der Waals surface area contributed by atoms with Crippen molar-refractivity contribution >= 4 is 11.8 Å². The topological polar surface area (TPSA) is 40.6 Å². The number of halogens is 1. The summed E-state index contributed by atoms with van der Waals surface area (Å²) in [5.74, 6) is -0.123. The molecule has 0 spiro atoms. The smallest absolute Gasteiger partial charge is 0.242 e. The Kier molecular flexibility index (Phi) is 4.94. The number of likely N-dealkylation sites (tertiary alicyclic amines) is 2. The fourth-order valence-corrected chi connectivity index (χ4v) is 3.60. The Morgan fingerprint density at radius 1 is 1.22 bits per heavy atom. The first-order chi connectivity index (χ1) is 11.1. The van der Waals surface area contributed by atoms with Crippen molar-refractivity contribution in [2.75, 3.05) is 19.6 Å². The molecule has 1 atom stereocenters. The van der Waals surface area contributed by atoms with Gasteiger partial charge in [0.25, 0.3) is 0 Å². The van der Waals surface area contributed by atoms with Gasteiger partial charge in [-0.15, -0.1) is 0 Å². The van der Waals surface area contributed by atoms with Crippen LogP contribution >= 0.6 is 0 Å². The van der Waals surface area contributed by atoms with Crippen molar-refractivity contribution in [3.05, 3.63) is 35.6 Å². The van der Waals surface area contributed by atoms with Crippen LogP contribution in [-0.2, 0) is 16.0 Å². The van der Waals surface area contributed by atoms with Crippen LogP contribution in [0, 0.1) is 5.82 Å². The minimum atomic E-state index is -0.239. The van der Waals surface area contributed by atoms with Gasteiger partial charge in [0.15, 0.2) is 0 Å². The highest BCUT2D eigenvalue weighted by Gasteiger charge is 2.31. The molecule has 4 nitrogen and oxygen atoms in total. The zero-order valence-corrected chi connectivity index (χ0v) is 13.3. The van der Waals surface area contributed by atoms with Crippen LogP contribution in [0.5, 0.6) is 0 Å². The third-order valence-corrected chi connectivity index (χ3v) is 4.81. The third kappa shape index (κ3) is 3.89. The first-order valence-electron chi connectivity index (χ1n) is 8.45. The van der Waals surface area contributed by atoms with Gasteiger partial charge in [-0.3, -0.25) is 9.59 Å². The highest BCUT2D eigenvalue weighted by molar-refractivity contribution is 5.85.